The second kappa shape index (κ2) is 8.62. The van der Waals surface area contributed by atoms with E-state index in [1.807, 2.05) is 6.07 Å². The van der Waals surface area contributed by atoms with E-state index in [4.69, 9.17) is 5.73 Å². The van der Waals surface area contributed by atoms with Crippen LogP contribution in [0.2, 0.25) is 0 Å². The van der Waals surface area contributed by atoms with E-state index in [9.17, 15) is 0 Å². The van der Waals surface area contributed by atoms with Crippen LogP contribution in [0, 0.1) is 0 Å². The monoisotopic (exact) mass is 410 g/mol. The highest BCUT2D eigenvalue weighted by molar-refractivity contribution is 5.87. The van der Waals surface area contributed by atoms with Gasteiger partial charge in [0.15, 0.2) is 0 Å². The summed E-state index contributed by atoms with van der Waals surface area (Å²) in [6.07, 6.45) is 7.28. The van der Waals surface area contributed by atoms with Gasteiger partial charge >= 0.3 is 0 Å². The minimum absolute atomic E-state index is 0.279. The van der Waals surface area contributed by atoms with Crippen molar-refractivity contribution in [1.82, 2.24) is 19.9 Å². The Labute approximate surface area is 181 Å². The van der Waals surface area contributed by atoms with Gasteiger partial charge in [0.05, 0.1) is 0 Å². The number of benzene rings is 2. The summed E-state index contributed by atoms with van der Waals surface area (Å²) >= 11 is 0. The molecular weight excluding hydrogens is 384 g/mol. The van der Waals surface area contributed by atoms with E-state index in [0.29, 0.717) is 0 Å². The number of aromatic amines is 1. The van der Waals surface area contributed by atoms with Gasteiger partial charge in [-0.25, -0.2) is 4.98 Å². The molecule has 0 unspecified atom stereocenters. The molecule has 3 heterocycles. The van der Waals surface area contributed by atoms with Crippen molar-refractivity contribution in [3.63, 3.8) is 0 Å². The lowest BCUT2D eigenvalue weighted by molar-refractivity contribution is 0.351. The maximum Gasteiger partial charge on any atom is 0.221 e. The van der Waals surface area contributed by atoms with Crippen LogP contribution in [0.1, 0.15) is 6.42 Å². The Bertz CT molecular complexity index is 1180. The van der Waals surface area contributed by atoms with E-state index in [1.165, 1.54) is 5.39 Å². The van der Waals surface area contributed by atoms with E-state index >= 15 is 0 Å². The fourth-order valence-corrected chi connectivity index (χ4v) is 4.04. The quantitative estimate of drug-likeness (QED) is 0.308. The number of nitrogens with zero attached hydrogens (tertiary/aromatic N) is 3. The Hall–Kier alpha value is -3.64. The van der Waals surface area contributed by atoms with E-state index in [-0.39, 0.29) is 5.95 Å². The number of nitrogen functional groups attached to an aromatic ring is 1. The molecule has 31 heavy (non-hydrogen) atoms. The van der Waals surface area contributed by atoms with E-state index in [0.717, 1.165) is 66.3 Å². The molecule has 1 aliphatic heterocycles. The van der Waals surface area contributed by atoms with Crippen molar-refractivity contribution in [3.05, 3.63) is 72.9 Å². The average Bonchev–Trinajstić information content (AvgIpc) is 3.47. The normalized spacial score (nSPS) is 13.8. The van der Waals surface area contributed by atoms with Gasteiger partial charge in [-0.2, -0.15) is 4.98 Å². The van der Waals surface area contributed by atoms with Gasteiger partial charge in [0, 0.05) is 54.5 Å². The van der Waals surface area contributed by atoms with Gasteiger partial charge in [0.1, 0.15) is 5.82 Å². The van der Waals surface area contributed by atoms with E-state index < -0.39 is 0 Å². The van der Waals surface area contributed by atoms with Gasteiger partial charge in [0.25, 0.3) is 0 Å². The van der Waals surface area contributed by atoms with Crippen LogP contribution in [-0.2, 0) is 0 Å². The Morgan fingerprint density at radius 1 is 1.00 bits per heavy atom. The molecule has 5 rings (SSSR count). The van der Waals surface area contributed by atoms with Crippen LogP contribution in [0.5, 0.6) is 0 Å². The van der Waals surface area contributed by atoms with Crippen molar-refractivity contribution in [2.24, 2.45) is 0 Å². The molecule has 0 bridgehead atoms. The second-order valence-corrected chi connectivity index (χ2v) is 7.85. The lowest BCUT2D eigenvalue weighted by atomic mass is 10.0. The molecule has 0 aliphatic carbocycles. The second-order valence-electron chi connectivity index (χ2n) is 7.85. The highest BCUT2D eigenvalue weighted by Crippen LogP contribution is 2.31. The van der Waals surface area contributed by atoms with Crippen molar-refractivity contribution < 1.29 is 0 Å². The number of rotatable bonds is 7. The average molecular weight is 411 g/mol. The van der Waals surface area contributed by atoms with Gasteiger partial charge in [-0.3, -0.25) is 4.90 Å². The van der Waals surface area contributed by atoms with Crippen molar-refractivity contribution in [3.8, 4) is 22.4 Å². The van der Waals surface area contributed by atoms with E-state index in [1.54, 1.807) is 6.20 Å². The molecule has 2 aromatic heterocycles. The van der Waals surface area contributed by atoms with Crippen molar-refractivity contribution in [1.29, 1.82) is 0 Å². The zero-order valence-corrected chi connectivity index (χ0v) is 17.4. The Morgan fingerprint density at radius 3 is 2.71 bits per heavy atom. The first kappa shape index (κ1) is 19.3. The van der Waals surface area contributed by atoms with Gasteiger partial charge in [0.2, 0.25) is 5.95 Å². The summed E-state index contributed by atoms with van der Waals surface area (Å²) in [5.41, 5.74) is 11.2. The topological polar surface area (TPSA) is 82.9 Å². The number of H-pyrrole nitrogens is 1. The molecule has 0 fully saturated rings. The molecule has 0 amide bonds. The largest absolute Gasteiger partial charge is 0.369 e. The number of para-hydroxylation sites is 1. The number of hydrogen-bond acceptors (Lipinski definition) is 5. The standard InChI is InChI=1S/C25H26N6/c26-25-28-17-21(24(30-25)27-11-6-14-31-12-3-4-13-31)18-8-5-9-19(15-18)23-16-20-7-1-2-10-22(20)29-23/h1-5,7-10,15-17,29H,6,11-14H2,(H3,26,27,28,30). The Balaban J connectivity index is 1.37. The van der Waals surface area contributed by atoms with Crippen LogP contribution < -0.4 is 11.1 Å². The highest BCUT2D eigenvalue weighted by atomic mass is 15.1. The number of nitrogens with two attached hydrogens (primary N) is 1. The molecule has 4 N–H and O–H groups in total. The summed E-state index contributed by atoms with van der Waals surface area (Å²) < 4.78 is 0. The molecule has 2 aromatic carbocycles. The molecule has 156 valence electrons. The molecule has 0 radical (unpaired) electrons. The zero-order chi connectivity index (χ0) is 21.0. The predicted octanol–water partition coefficient (Wildman–Crippen LogP) is 4.55. The SMILES string of the molecule is Nc1ncc(-c2cccc(-c3cc4ccccc4[nH]3)c2)c(NCCCN2CC=CC2)n1. The third-order valence-corrected chi connectivity index (χ3v) is 5.66. The van der Waals surface area contributed by atoms with Crippen molar-refractivity contribution in [2.45, 2.75) is 6.42 Å². The summed E-state index contributed by atoms with van der Waals surface area (Å²) in [7, 11) is 0. The van der Waals surface area contributed by atoms with Crippen LogP contribution >= 0.6 is 0 Å². The van der Waals surface area contributed by atoms with Crippen LogP contribution in [0.4, 0.5) is 11.8 Å². The number of nitrogens with one attached hydrogen (secondary N) is 2. The van der Waals surface area contributed by atoms with Crippen molar-refractivity contribution >= 4 is 22.7 Å². The maximum atomic E-state index is 5.89. The zero-order valence-electron chi connectivity index (χ0n) is 17.4. The Morgan fingerprint density at radius 2 is 1.84 bits per heavy atom. The first-order chi connectivity index (χ1) is 15.3. The van der Waals surface area contributed by atoms with Crippen LogP contribution in [0.3, 0.4) is 0 Å². The number of anilines is 2. The van der Waals surface area contributed by atoms with Gasteiger partial charge in [-0.05, 0) is 35.7 Å². The molecule has 0 saturated heterocycles. The number of aromatic nitrogens is 3. The molecular formula is C25H26N6. The minimum Gasteiger partial charge on any atom is -0.369 e. The maximum absolute atomic E-state index is 5.89. The predicted molar refractivity (Wildman–Crippen MR) is 128 cm³/mol. The molecule has 6 nitrogen and oxygen atoms in total. The number of fused-ring (bicyclic) bond motifs is 1. The fourth-order valence-electron chi connectivity index (χ4n) is 4.04. The molecule has 1 aliphatic rings. The molecule has 0 atom stereocenters. The molecule has 0 saturated carbocycles. The molecule has 4 aromatic rings. The lowest BCUT2D eigenvalue weighted by Crippen LogP contribution is -2.23. The van der Waals surface area contributed by atoms with Crippen LogP contribution in [-0.4, -0.2) is 46.0 Å². The van der Waals surface area contributed by atoms with Crippen molar-refractivity contribution in [2.75, 3.05) is 37.2 Å². The van der Waals surface area contributed by atoms with Gasteiger partial charge < -0.3 is 16.0 Å². The van der Waals surface area contributed by atoms with Gasteiger partial charge in [-0.15, -0.1) is 0 Å². The highest BCUT2D eigenvalue weighted by Gasteiger charge is 2.11. The summed E-state index contributed by atoms with van der Waals surface area (Å²) in [5, 5.41) is 4.67. The summed E-state index contributed by atoms with van der Waals surface area (Å²) in [5.74, 6) is 1.06. The first-order valence-corrected chi connectivity index (χ1v) is 10.7. The summed E-state index contributed by atoms with van der Waals surface area (Å²) in [4.78, 5) is 14.6. The Kier molecular flexibility index (Phi) is 5.37. The summed E-state index contributed by atoms with van der Waals surface area (Å²) in [6.45, 7) is 3.99. The third kappa shape index (κ3) is 4.29. The number of hydrogen-bond donors (Lipinski definition) is 3. The van der Waals surface area contributed by atoms with Crippen LogP contribution in [0.15, 0.2) is 72.9 Å². The van der Waals surface area contributed by atoms with Crippen LogP contribution in [0.25, 0.3) is 33.3 Å². The molecule has 6 heteroatoms. The smallest absolute Gasteiger partial charge is 0.221 e. The minimum atomic E-state index is 0.279. The van der Waals surface area contributed by atoms with E-state index in [2.05, 4.69) is 85.9 Å². The third-order valence-electron chi connectivity index (χ3n) is 5.66. The molecule has 0 spiro atoms. The summed E-state index contributed by atoms with van der Waals surface area (Å²) in [6, 6.07) is 18.9. The lowest BCUT2D eigenvalue weighted by Gasteiger charge is -2.16. The van der Waals surface area contributed by atoms with Gasteiger partial charge in [-0.1, -0.05) is 48.6 Å². The fraction of sp³-hybridized carbons (Fsp3) is 0.200. The first-order valence-electron chi connectivity index (χ1n) is 10.7.